The van der Waals surface area contributed by atoms with Crippen molar-refractivity contribution in [1.82, 2.24) is 10.2 Å². The summed E-state index contributed by atoms with van der Waals surface area (Å²) in [6.45, 7) is 5.59. The second kappa shape index (κ2) is 11.7. The van der Waals surface area contributed by atoms with Crippen LogP contribution in [0.15, 0.2) is 0 Å². The standard InChI is InChI=1S/C12H19NO3.C7H11NO.CH2Cl2.ClH/c1-12(2,3)16-11(15)13-8-4-5-9(13)7-10(14)6-8;9-7-3-5-1-2-6(4-7)8-5;2-1-3;/h8-9H,4-7H2,1-3H3;5-6,8H,1-4H2;1H2;1H. The Morgan fingerprint density at radius 3 is 1.79 bits per heavy atom. The number of nitrogens with one attached hydrogen (secondary N) is 1. The zero-order valence-electron chi connectivity index (χ0n) is 17.4. The molecule has 0 aromatic carbocycles. The zero-order valence-corrected chi connectivity index (χ0v) is 19.7. The summed E-state index contributed by atoms with van der Waals surface area (Å²) in [4.78, 5) is 36.0. The van der Waals surface area contributed by atoms with E-state index in [0.717, 1.165) is 25.7 Å². The molecule has 0 saturated carbocycles. The van der Waals surface area contributed by atoms with Gasteiger partial charge in [-0.3, -0.25) is 9.59 Å². The smallest absolute Gasteiger partial charge is 0.410 e. The van der Waals surface area contributed by atoms with Crippen LogP contribution in [-0.4, -0.2) is 57.7 Å². The molecule has 1 N–H and O–H groups in total. The van der Waals surface area contributed by atoms with Gasteiger partial charge in [0, 0.05) is 49.9 Å². The van der Waals surface area contributed by atoms with Crippen LogP contribution in [0.25, 0.3) is 0 Å². The predicted molar refractivity (Wildman–Crippen MR) is 117 cm³/mol. The van der Waals surface area contributed by atoms with Gasteiger partial charge in [-0.2, -0.15) is 0 Å². The number of ether oxygens (including phenoxy) is 1. The first-order valence-electron chi connectivity index (χ1n) is 10.1. The second-order valence-electron chi connectivity index (χ2n) is 8.91. The number of hydrogen-bond acceptors (Lipinski definition) is 5. The molecule has 4 bridgehead atoms. The number of carbonyl (C=O) groups excluding carboxylic acids is 3. The Bertz CT molecular complexity index is 553. The van der Waals surface area contributed by atoms with Crippen molar-refractivity contribution >= 4 is 53.3 Å². The lowest BCUT2D eigenvalue weighted by Crippen LogP contribution is -2.48. The quantitative estimate of drug-likeness (QED) is 0.529. The molecule has 1 amide bonds. The highest BCUT2D eigenvalue weighted by atomic mass is 35.5. The molecule has 4 heterocycles. The Balaban J connectivity index is 0.000000273. The number of carbonyl (C=O) groups is 3. The van der Waals surface area contributed by atoms with Crippen LogP contribution in [0.3, 0.4) is 0 Å². The van der Waals surface area contributed by atoms with Crippen molar-refractivity contribution < 1.29 is 19.1 Å². The van der Waals surface area contributed by atoms with Gasteiger partial charge >= 0.3 is 6.09 Å². The molecule has 29 heavy (non-hydrogen) atoms. The van der Waals surface area contributed by atoms with Crippen molar-refractivity contribution in [2.45, 2.75) is 102 Å². The molecule has 4 saturated heterocycles. The first-order valence-corrected chi connectivity index (χ1v) is 11.1. The van der Waals surface area contributed by atoms with Gasteiger partial charge in [-0.15, -0.1) is 35.6 Å². The van der Waals surface area contributed by atoms with E-state index in [1.54, 1.807) is 4.90 Å². The van der Waals surface area contributed by atoms with Crippen LogP contribution in [0.2, 0.25) is 0 Å². The van der Waals surface area contributed by atoms with E-state index < -0.39 is 5.60 Å². The van der Waals surface area contributed by atoms with Gasteiger partial charge in [0.25, 0.3) is 0 Å². The third-order valence-electron chi connectivity index (χ3n) is 5.43. The van der Waals surface area contributed by atoms with Gasteiger partial charge in [-0.25, -0.2) is 4.79 Å². The summed E-state index contributed by atoms with van der Waals surface area (Å²) in [5.74, 6) is 0.744. The molecule has 4 atom stereocenters. The number of halogens is 3. The number of nitrogens with zero attached hydrogens (tertiary/aromatic N) is 1. The first kappa shape index (κ1) is 26.5. The molecule has 4 unspecified atom stereocenters. The minimum Gasteiger partial charge on any atom is -0.444 e. The molecule has 0 radical (unpaired) electrons. The first-order chi connectivity index (χ1) is 13.1. The summed E-state index contributed by atoms with van der Waals surface area (Å²) in [6.07, 6.45) is 6.66. The number of ketones is 2. The fourth-order valence-electron chi connectivity index (χ4n) is 4.44. The topological polar surface area (TPSA) is 75.7 Å². The maximum absolute atomic E-state index is 12.0. The number of hydrogen-bond donors (Lipinski definition) is 1. The summed E-state index contributed by atoms with van der Waals surface area (Å²) in [5.41, 5.74) is -0.460. The molecule has 6 nitrogen and oxygen atoms in total. The van der Waals surface area contributed by atoms with E-state index in [4.69, 9.17) is 27.9 Å². The third-order valence-corrected chi connectivity index (χ3v) is 5.43. The van der Waals surface area contributed by atoms with Gasteiger partial charge in [0.2, 0.25) is 0 Å². The Morgan fingerprint density at radius 2 is 1.38 bits per heavy atom. The van der Waals surface area contributed by atoms with Crippen molar-refractivity contribution in [3.8, 4) is 0 Å². The van der Waals surface area contributed by atoms with Crippen molar-refractivity contribution in [2.75, 3.05) is 5.34 Å². The number of amides is 1. The van der Waals surface area contributed by atoms with Crippen LogP contribution in [0.1, 0.15) is 72.1 Å². The molecule has 168 valence electrons. The van der Waals surface area contributed by atoms with Crippen LogP contribution >= 0.6 is 35.6 Å². The molecule has 0 aliphatic carbocycles. The molecule has 0 aromatic rings. The van der Waals surface area contributed by atoms with Gasteiger partial charge in [0.05, 0.1) is 5.34 Å². The van der Waals surface area contributed by atoms with E-state index >= 15 is 0 Å². The summed E-state index contributed by atoms with van der Waals surface area (Å²) < 4.78 is 5.37. The lowest BCUT2D eigenvalue weighted by atomic mass is 10.0. The van der Waals surface area contributed by atoms with Gasteiger partial charge < -0.3 is 15.0 Å². The monoisotopic (exact) mass is 470 g/mol. The summed E-state index contributed by atoms with van der Waals surface area (Å²) in [7, 11) is 0. The fraction of sp³-hybridized carbons (Fsp3) is 0.850. The average Bonchev–Trinajstić information content (AvgIpc) is 3.04. The highest BCUT2D eigenvalue weighted by Crippen LogP contribution is 2.35. The normalized spacial score (nSPS) is 29.8. The molecular weight excluding hydrogens is 439 g/mol. The van der Waals surface area contributed by atoms with Crippen LogP contribution in [0, 0.1) is 0 Å². The number of piperidine rings is 2. The Morgan fingerprint density at radius 1 is 0.966 bits per heavy atom. The highest BCUT2D eigenvalue weighted by Gasteiger charge is 2.44. The van der Waals surface area contributed by atoms with Crippen LogP contribution in [-0.2, 0) is 14.3 Å². The van der Waals surface area contributed by atoms with Crippen LogP contribution in [0.4, 0.5) is 4.79 Å². The van der Waals surface area contributed by atoms with E-state index in [-0.39, 0.29) is 41.7 Å². The van der Waals surface area contributed by atoms with Gasteiger partial charge in [0.15, 0.2) is 0 Å². The second-order valence-corrected chi connectivity index (χ2v) is 9.71. The SMILES string of the molecule is CC(C)(C)OC(=O)N1C2CCC1CC(=O)C2.Cl.ClCCl.O=C1CC2CCC(C1)N2. The third kappa shape index (κ3) is 8.23. The molecule has 0 spiro atoms. The van der Waals surface area contributed by atoms with Gasteiger partial charge in [-0.05, 0) is 46.5 Å². The summed E-state index contributed by atoms with van der Waals surface area (Å²) >= 11 is 9.53. The van der Waals surface area contributed by atoms with E-state index in [1.165, 1.54) is 12.8 Å². The van der Waals surface area contributed by atoms with Gasteiger partial charge in [0.1, 0.15) is 17.2 Å². The van der Waals surface area contributed by atoms with Crippen molar-refractivity contribution in [2.24, 2.45) is 0 Å². The van der Waals surface area contributed by atoms with E-state index in [1.807, 2.05) is 20.8 Å². The Labute approximate surface area is 189 Å². The van der Waals surface area contributed by atoms with E-state index in [0.29, 0.717) is 30.7 Å². The Kier molecular flexibility index (Phi) is 10.7. The van der Waals surface area contributed by atoms with Gasteiger partial charge in [-0.1, -0.05) is 0 Å². The number of rotatable bonds is 0. The lowest BCUT2D eigenvalue weighted by molar-refractivity contribution is -0.123. The maximum Gasteiger partial charge on any atom is 0.410 e. The molecule has 4 rings (SSSR count). The minimum absolute atomic E-state index is 0. The van der Waals surface area contributed by atoms with Crippen LogP contribution in [0.5, 0.6) is 0 Å². The molecule has 4 fully saturated rings. The van der Waals surface area contributed by atoms with Crippen molar-refractivity contribution in [3.63, 3.8) is 0 Å². The largest absolute Gasteiger partial charge is 0.444 e. The molecular formula is C20H33Cl3N2O4. The minimum atomic E-state index is -0.460. The molecule has 4 aliphatic rings. The Hall–Kier alpha value is -0.560. The zero-order chi connectivity index (χ0) is 20.9. The molecule has 4 aliphatic heterocycles. The van der Waals surface area contributed by atoms with Crippen molar-refractivity contribution in [3.05, 3.63) is 0 Å². The van der Waals surface area contributed by atoms with E-state index in [9.17, 15) is 14.4 Å². The predicted octanol–water partition coefficient (Wildman–Crippen LogP) is 4.43. The fourth-order valence-corrected chi connectivity index (χ4v) is 4.44. The van der Waals surface area contributed by atoms with E-state index in [2.05, 4.69) is 5.32 Å². The molecule has 0 aromatic heterocycles. The average molecular weight is 472 g/mol. The summed E-state index contributed by atoms with van der Waals surface area (Å²) in [5, 5.41) is 3.59. The van der Waals surface area contributed by atoms with Crippen LogP contribution < -0.4 is 5.32 Å². The number of Topliss-reactive ketones (excluding diaryl/α,β-unsaturated/α-hetero) is 2. The lowest BCUT2D eigenvalue weighted by Gasteiger charge is -2.35. The number of alkyl halides is 2. The highest BCUT2D eigenvalue weighted by molar-refractivity contribution is 6.40. The molecule has 9 heteroatoms. The number of fused-ring (bicyclic) bond motifs is 4. The maximum atomic E-state index is 12.0. The summed E-state index contributed by atoms with van der Waals surface area (Å²) in [6, 6.07) is 1.25. The van der Waals surface area contributed by atoms with Crippen molar-refractivity contribution in [1.29, 1.82) is 0 Å².